The van der Waals surface area contributed by atoms with E-state index in [1.807, 2.05) is 29.2 Å². The smallest absolute Gasteiger partial charge is 0.276 e. The molecule has 0 saturated carbocycles. The lowest BCUT2D eigenvalue weighted by Crippen LogP contribution is -2.49. The monoisotopic (exact) mass is 447 g/mol. The van der Waals surface area contributed by atoms with Gasteiger partial charge >= 0.3 is 0 Å². The number of piperazine rings is 1. The van der Waals surface area contributed by atoms with E-state index in [1.165, 1.54) is 16.8 Å². The first-order valence-electron chi connectivity index (χ1n) is 11.3. The maximum Gasteiger partial charge on any atom is 0.276 e. The van der Waals surface area contributed by atoms with Gasteiger partial charge < -0.3 is 19.3 Å². The number of benzene rings is 2. The number of nitrogens with zero attached hydrogens (tertiary/aromatic N) is 5. The lowest BCUT2D eigenvalue weighted by atomic mass is 10.1. The highest BCUT2D eigenvalue weighted by Gasteiger charge is 2.31. The summed E-state index contributed by atoms with van der Waals surface area (Å²) in [6.07, 6.45) is -0.130. The van der Waals surface area contributed by atoms with Crippen LogP contribution in [-0.4, -0.2) is 59.1 Å². The molecule has 0 radical (unpaired) electrons. The maximum atomic E-state index is 13.2. The molecular formula is C25H29N5O3. The third-order valence-corrected chi connectivity index (χ3v) is 6.55. The second-order valence-corrected chi connectivity index (χ2v) is 8.71. The number of aromatic nitrogens is 3. The Hall–Kier alpha value is -3.39. The average Bonchev–Trinajstić information content (AvgIpc) is 3.27. The second-order valence-electron chi connectivity index (χ2n) is 8.71. The molecule has 172 valence electrons. The van der Waals surface area contributed by atoms with Gasteiger partial charge in [0.1, 0.15) is 11.9 Å². The molecule has 1 unspecified atom stereocenters. The van der Waals surface area contributed by atoms with Crippen LogP contribution in [0.2, 0.25) is 0 Å². The van der Waals surface area contributed by atoms with Crippen molar-refractivity contribution in [1.82, 2.24) is 19.9 Å². The van der Waals surface area contributed by atoms with Gasteiger partial charge in [-0.1, -0.05) is 35.0 Å². The summed E-state index contributed by atoms with van der Waals surface area (Å²) in [6, 6.07) is 14.3. The van der Waals surface area contributed by atoms with Gasteiger partial charge in [0, 0.05) is 31.9 Å². The van der Waals surface area contributed by atoms with Gasteiger partial charge in [0.05, 0.1) is 26.0 Å². The Kier molecular flexibility index (Phi) is 5.76. The molecule has 33 heavy (non-hydrogen) atoms. The van der Waals surface area contributed by atoms with Crippen molar-refractivity contribution in [2.75, 3.05) is 38.2 Å². The van der Waals surface area contributed by atoms with Gasteiger partial charge in [-0.25, -0.2) is 4.68 Å². The van der Waals surface area contributed by atoms with Crippen LogP contribution in [0.3, 0.4) is 0 Å². The van der Waals surface area contributed by atoms with Crippen LogP contribution in [0.5, 0.6) is 5.75 Å². The van der Waals surface area contributed by atoms with Gasteiger partial charge in [-0.05, 0) is 43.2 Å². The zero-order valence-corrected chi connectivity index (χ0v) is 19.3. The van der Waals surface area contributed by atoms with E-state index in [1.54, 1.807) is 11.8 Å². The number of amides is 1. The third-order valence-electron chi connectivity index (χ3n) is 6.55. The zero-order valence-electron chi connectivity index (χ0n) is 19.3. The molecule has 0 spiro atoms. The maximum absolute atomic E-state index is 13.2. The van der Waals surface area contributed by atoms with E-state index in [0.29, 0.717) is 31.9 Å². The summed E-state index contributed by atoms with van der Waals surface area (Å²) in [5, 5.41) is 8.51. The van der Waals surface area contributed by atoms with Gasteiger partial charge in [0.15, 0.2) is 5.69 Å². The largest absolute Gasteiger partial charge is 0.497 e. The number of anilines is 1. The fourth-order valence-corrected chi connectivity index (χ4v) is 4.66. The molecule has 3 aromatic rings. The molecule has 2 aromatic carbocycles. The van der Waals surface area contributed by atoms with Crippen molar-refractivity contribution < 1.29 is 14.3 Å². The summed E-state index contributed by atoms with van der Waals surface area (Å²) in [4.78, 5) is 17.5. The molecule has 1 saturated heterocycles. The van der Waals surface area contributed by atoms with Gasteiger partial charge in [0.25, 0.3) is 5.91 Å². The van der Waals surface area contributed by atoms with E-state index >= 15 is 0 Å². The van der Waals surface area contributed by atoms with E-state index < -0.39 is 0 Å². The highest BCUT2D eigenvalue weighted by Crippen LogP contribution is 2.29. The number of hydrogen-bond donors (Lipinski definition) is 0. The Labute approximate surface area is 193 Å². The van der Waals surface area contributed by atoms with E-state index in [2.05, 4.69) is 47.3 Å². The molecule has 1 aromatic heterocycles. The number of methoxy groups -OCH3 is 1. The molecule has 8 heteroatoms. The van der Waals surface area contributed by atoms with Gasteiger partial charge in [-0.2, -0.15) is 0 Å². The second kappa shape index (κ2) is 8.86. The first-order valence-corrected chi connectivity index (χ1v) is 11.3. The molecule has 3 heterocycles. The van der Waals surface area contributed by atoms with Crippen molar-refractivity contribution in [2.24, 2.45) is 0 Å². The molecule has 2 aliphatic heterocycles. The van der Waals surface area contributed by atoms with E-state index in [9.17, 15) is 4.79 Å². The molecule has 5 rings (SSSR count). The molecule has 1 amide bonds. The van der Waals surface area contributed by atoms with Crippen molar-refractivity contribution in [3.63, 3.8) is 0 Å². The lowest BCUT2D eigenvalue weighted by molar-refractivity contribution is -0.00198. The number of fused-ring (bicyclic) bond motifs is 1. The first kappa shape index (κ1) is 21.5. The summed E-state index contributed by atoms with van der Waals surface area (Å²) in [7, 11) is 1.65. The molecule has 0 bridgehead atoms. The fourth-order valence-electron chi connectivity index (χ4n) is 4.66. The topological polar surface area (TPSA) is 72.7 Å². The summed E-state index contributed by atoms with van der Waals surface area (Å²) in [5.74, 6) is 0.740. The fraction of sp³-hybridized carbons (Fsp3) is 0.400. The summed E-state index contributed by atoms with van der Waals surface area (Å²) in [5.41, 5.74) is 5.98. The summed E-state index contributed by atoms with van der Waals surface area (Å²) in [6.45, 7) is 8.01. The van der Waals surface area contributed by atoms with Crippen molar-refractivity contribution in [1.29, 1.82) is 0 Å². The molecule has 0 N–H and O–H groups in total. The SMILES string of the molecule is COc1ccc(C2Cn3nnc(C(=O)N4CCN(c5ccc(C)cc5C)CC4)c3CO2)cc1. The van der Waals surface area contributed by atoms with Crippen LogP contribution in [0.1, 0.15) is 39.0 Å². The molecule has 8 nitrogen and oxygen atoms in total. The number of ether oxygens (including phenoxy) is 2. The van der Waals surface area contributed by atoms with E-state index in [4.69, 9.17) is 9.47 Å². The zero-order chi connectivity index (χ0) is 22.9. The van der Waals surface area contributed by atoms with Crippen LogP contribution in [0.25, 0.3) is 0 Å². The van der Waals surface area contributed by atoms with Gasteiger partial charge in [0.2, 0.25) is 0 Å². The Morgan fingerprint density at radius 2 is 1.82 bits per heavy atom. The van der Waals surface area contributed by atoms with Crippen molar-refractivity contribution >= 4 is 11.6 Å². The molecular weight excluding hydrogens is 418 g/mol. The minimum atomic E-state index is -0.130. The normalized spacial score (nSPS) is 18.2. The minimum absolute atomic E-state index is 0.0666. The first-order chi connectivity index (χ1) is 16.0. The Balaban J connectivity index is 1.24. The molecule has 1 fully saturated rings. The van der Waals surface area contributed by atoms with Crippen molar-refractivity contribution in [2.45, 2.75) is 33.1 Å². The predicted octanol–water partition coefficient (Wildman–Crippen LogP) is 3.14. The standard InChI is InChI=1S/C25H29N5O3/c1-17-4-9-21(18(2)14-17)28-10-12-29(13-11-28)25(31)24-22-16-33-23(15-30(22)27-26-24)19-5-7-20(32-3)8-6-19/h4-9,14,23H,10-13,15-16H2,1-3H3. The van der Waals surface area contributed by atoms with Crippen molar-refractivity contribution in [3.8, 4) is 5.75 Å². The highest BCUT2D eigenvalue weighted by molar-refractivity contribution is 5.93. The summed E-state index contributed by atoms with van der Waals surface area (Å²) >= 11 is 0. The van der Waals surface area contributed by atoms with Crippen LogP contribution in [0.4, 0.5) is 5.69 Å². The van der Waals surface area contributed by atoms with Gasteiger partial charge in [-0.3, -0.25) is 4.79 Å². The van der Waals surface area contributed by atoms with Crippen LogP contribution in [-0.2, 0) is 17.9 Å². The van der Waals surface area contributed by atoms with Crippen molar-refractivity contribution in [3.05, 3.63) is 70.5 Å². The number of carbonyl (C=O) groups excluding carboxylic acids is 1. The number of hydrogen-bond acceptors (Lipinski definition) is 6. The Morgan fingerprint density at radius 1 is 1.06 bits per heavy atom. The van der Waals surface area contributed by atoms with Crippen LogP contribution < -0.4 is 9.64 Å². The number of aryl methyl sites for hydroxylation is 2. The average molecular weight is 448 g/mol. The molecule has 1 atom stereocenters. The molecule has 0 aliphatic carbocycles. The quantitative estimate of drug-likeness (QED) is 0.612. The number of rotatable bonds is 4. The van der Waals surface area contributed by atoms with Crippen LogP contribution in [0.15, 0.2) is 42.5 Å². The van der Waals surface area contributed by atoms with Crippen LogP contribution >= 0.6 is 0 Å². The molecule has 2 aliphatic rings. The lowest BCUT2D eigenvalue weighted by Gasteiger charge is -2.36. The van der Waals surface area contributed by atoms with E-state index in [0.717, 1.165) is 30.1 Å². The highest BCUT2D eigenvalue weighted by atomic mass is 16.5. The van der Waals surface area contributed by atoms with Crippen LogP contribution in [0, 0.1) is 13.8 Å². The van der Waals surface area contributed by atoms with Gasteiger partial charge in [-0.15, -0.1) is 5.10 Å². The number of carbonyl (C=O) groups is 1. The Morgan fingerprint density at radius 3 is 2.52 bits per heavy atom. The summed E-state index contributed by atoms with van der Waals surface area (Å²) < 4.78 is 13.1. The predicted molar refractivity (Wildman–Crippen MR) is 125 cm³/mol. The third kappa shape index (κ3) is 4.18. The minimum Gasteiger partial charge on any atom is -0.497 e. The van der Waals surface area contributed by atoms with E-state index in [-0.39, 0.29) is 12.0 Å². The Bertz CT molecular complexity index is 1150.